The van der Waals surface area contributed by atoms with E-state index in [0.29, 0.717) is 0 Å². The number of fused-ring (bicyclic) bond motifs is 1. The largest absolute Gasteiger partial charge is 0.454 e. The van der Waals surface area contributed by atoms with Gasteiger partial charge < -0.3 is 19.3 Å². The van der Waals surface area contributed by atoms with Crippen molar-refractivity contribution in [1.82, 2.24) is 0 Å². The maximum Gasteiger partial charge on any atom is 0.341 e. The number of hydrogen-bond acceptors (Lipinski definition) is 6. The third kappa shape index (κ3) is 3.23. The third-order valence-electron chi connectivity index (χ3n) is 5.62. The maximum atomic E-state index is 12.5. The quantitative estimate of drug-likeness (QED) is 0.351. The van der Waals surface area contributed by atoms with Crippen LogP contribution in [-0.2, 0) is 23.8 Å². The van der Waals surface area contributed by atoms with E-state index < -0.39 is 41.8 Å². The zero-order valence-corrected chi connectivity index (χ0v) is 15.7. The van der Waals surface area contributed by atoms with E-state index in [-0.39, 0.29) is 11.7 Å². The average Bonchev–Trinajstić information content (AvgIpc) is 3.09. The van der Waals surface area contributed by atoms with E-state index >= 15 is 0 Å². The predicted octanol–water partition coefficient (Wildman–Crippen LogP) is 2.22. The number of rotatable bonds is 2. The molecule has 0 amide bonds. The van der Waals surface area contributed by atoms with Gasteiger partial charge in [-0.05, 0) is 52.2 Å². The highest BCUT2D eigenvalue weighted by atomic mass is 16.7. The lowest BCUT2D eigenvalue weighted by Crippen LogP contribution is -2.43. The van der Waals surface area contributed by atoms with E-state index in [2.05, 4.69) is 6.58 Å². The molecule has 0 saturated carbocycles. The Morgan fingerprint density at radius 3 is 2.69 bits per heavy atom. The van der Waals surface area contributed by atoms with Gasteiger partial charge in [-0.25, -0.2) is 9.59 Å². The second-order valence-electron chi connectivity index (χ2n) is 7.60. The van der Waals surface area contributed by atoms with Crippen LogP contribution in [0.1, 0.15) is 40.5 Å². The van der Waals surface area contributed by atoms with Gasteiger partial charge in [0.2, 0.25) is 0 Å². The Morgan fingerprint density at radius 1 is 1.42 bits per heavy atom. The van der Waals surface area contributed by atoms with Crippen molar-refractivity contribution in [2.24, 2.45) is 5.92 Å². The van der Waals surface area contributed by atoms with Crippen molar-refractivity contribution in [1.29, 1.82) is 0 Å². The second kappa shape index (κ2) is 6.67. The van der Waals surface area contributed by atoms with Crippen LogP contribution in [0.5, 0.6) is 0 Å². The molecule has 0 radical (unpaired) electrons. The molecule has 2 aliphatic heterocycles. The summed E-state index contributed by atoms with van der Waals surface area (Å²) in [6.45, 7) is 11.0. The molecule has 2 fully saturated rings. The Balaban J connectivity index is 1.91. The first-order valence-corrected chi connectivity index (χ1v) is 8.96. The Bertz CT molecular complexity index is 705. The summed E-state index contributed by atoms with van der Waals surface area (Å²) >= 11 is 0. The van der Waals surface area contributed by atoms with Gasteiger partial charge in [-0.3, -0.25) is 0 Å². The molecule has 26 heavy (non-hydrogen) atoms. The first-order chi connectivity index (χ1) is 12.1. The van der Waals surface area contributed by atoms with Gasteiger partial charge >= 0.3 is 11.9 Å². The normalized spacial score (nSPS) is 44.1. The molecule has 2 saturated heterocycles. The van der Waals surface area contributed by atoms with Gasteiger partial charge in [0.1, 0.15) is 18.3 Å². The number of ether oxygens (including phenoxy) is 3. The van der Waals surface area contributed by atoms with Crippen LogP contribution in [0.3, 0.4) is 0 Å². The topological polar surface area (TPSA) is 85.4 Å². The fourth-order valence-electron chi connectivity index (χ4n) is 3.55. The summed E-state index contributed by atoms with van der Waals surface area (Å²) in [5.41, 5.74) is 1.03. The Morgan fingerprint density at radius 2 is 2.08 bits per heavy atom. The fraction of sp³-hybridized carbons (Fsp3) is 0.600. The highest BCUT2D eigenvalue weighted by Gasteiger charge is 2.58. The van der Waals surface area contributed by atoms with Crippen molar-refractivity contribution >= 4 is 11.9 Å². The van der Waals surface area contributed by atoms with Gasteiger partial charge in [0, 0.05) is 5.57 Å². The molecule has 0 unspecified atom stereocenters. The standard InChI is InChI=1S/C20H26O6/c1-10-7-6-8-11(2)17(25-19(23)20(5)13(4)26-20)16(21)15-12(3)18(22)24-14(15)9-10/h8-9,13-17,21H,3,6-7H2,1-2,4-5H3/b10-9+,11-8+/t13-,14+,15-,16-,17-,20-/m1/s1. The molecule has 0 aromatic rings. The molecule has 6 heteroatoms. The van der Waals surface area contributed by atoms with Crippen LogP contribution >= 0.6 is 0 Å². The predicted molar refractivity (Wildman–Crippen MR) is 94.1 cm³/mol. The van der Waals surface area contributed by atoms with Gasteiger partial charge in [-0.1, -0.05) is 18.2 Å². The lowest BCUT2D eigenvalue weighted by atomic mass is 9.84. The first kappa shape index (κ1) is 18.9. The molecular weight excluding hydrogens is 336 g/mol. The van der Waals surface area contributed by atoms with E-state index in [1.165, 1.54) is 0 Å². The number of carbonyl (C=O) groups is 2. The summed E-state index contributed by atoms with van der Waals surface area (Å²) in [6.07, 6.45) is 2.48. The molecule has 0 aromatic carbocycles. The van der Waals surface area contributed by atoms with Crippen molar-refractivity contribution in [2.45, 2.75) is 70.6 Å². The number of carbonyl (C=O) groups excluding carboxylic acids is 2. The Labute approximate surface area is 153 Å². The summed E-state index contributed by atoms with van der Waals surface area (Å²) < 4.78 is 16.4. The van der Waals surface area contributed by atoms with Crippen molar-refractivity contribution < 1.29 is 28.9 Å². The number of epoxide rings is 1. The first-order valence-electron chi connectivity index (χ1n) is 8.96. The molecule has 0 aromatic heterocycles. The monoisotopic (exact) mass is 362 g/mol. The number of aliphatic hydroxyl groups is 1. The Kier molecular flexibility index (Phi) is 4.84. The molecule has 3 aliphatic rings. The fourth-order valence-corrected chi connectivity index (χ4v) is 3.55. The van der Waals surface area contributed by atoms with Crippen molar-refractivity contribution in [2.75, 3.05) is 0 Å². The summed E-state index contributed by atoms with van der Waals surface area (Å²) in [7, 11) is 0. The van der Waals surface area contributed by atoms with Crippen LogP contribution in [0.4, 0.5) is 0 Å². The molecule has 0 spiro atoms. The minimum atomic E-state index is -1.14. The minimum absolute atomic E-state index is 0.197. The average molecular weight is 362 g/mol. The van der Waals surface area contributed by atoms with Gasteiger partial charge in [-0.2, -0.15) is 0 Å². The van der Waals surface area contributed by atoms with Gasteiger partial charge in [-0.15, -0.1) is 0 Å². The molecule has 3 rings (SSSR count). The van der Waals surface area contributed by atoms with Crippen LogP contribution in [0.15, 0.2) is 35.5 Å². The lowest BCUT2D eigenvalue weighted by Gasteiger charge is -2.30. The maximum absolute atomic E-state index is 12.5. The smallest absolute Gasteiger partial charge is 0.341 e. The number of aliphatic hydroxyl groups excluding tert-OH is 1. The van der Waals surface area contributed by atoms with Crippen LogP contribution in [0.2, 0.25) is 0 Å². The SMILES string of the molecule is C=C1C(=O)O[C@H]2/C=C(\C)CC/C=C(\C)[C@@H](OC(=O)[C@]3(C)O[C@@H]3C)[C@H](O)[C@H]12. The molecule has 6 atom stereocenters. The van der Waals surface area contributed by atoms with Crippen LogP contribution in [0.25, 0.3) is 0 Å². The molecule has 142 valence electrons. The summed E-state index contributed by atoms with van der Waals surface area (Å²) in [5, 5.41) is 11.0. The molecule has 1 N–H and O–H groups in total. The summed E-state index contributed by atoms with van der Waals surface area (Å²) in [5.74, 6) is -1.71. The zero-order chi connectivity index (χ0) is 19.2. The molecule has 0 bridgehead atoms. The number of esters is 2. The Hall–Kier alpha value is -1.92. The second-order valence-corrected chi connectivity index (χ2v) is 7.60. The van der Waals surface area contributed by atoms with Crippen molar-refractivity contribution in [3.8, 4) is 0 Å². The van der Waals surface area contributed by atoms with Gasteiger partial charge in [0.05, 0.1) is 12.0 Å². The highest BCUT2D eigenvalue weighted by Crippen LogP contribution is 2.39. The molecule has 6 nitrogen and oxygen atoms in total. The summed E-state index contributed by atoms with van der Waals surface area (Å²) in [6, 6.07) is 0. The van der Waals surface area contributed by atoms with Gasteiger partial charge in [0.25, 0.3) is 0 Å². The molecular formula is C20H26O6. The number of hydrogen-bond donors (Lipinski definition) is 1. The van der Waals surface area contributed by atoms with E-state index in [1.807, 2.05) is 26.0 Å². The van der Waals surface area contributed by atoms with E-state index in [1.54, 1.807) is 13.8 Å². The summed E-state index contributed by atoms with van der Waals surface area (Å²) in [4.78, 5) is 24.5. The van der Waals surface area contributed by atoms with E-state index in [9.17, 15) is 14.7 Å². The zero-order valence-electron chi connectivity index (χ0n) is 15.7. The van der Waals surface area contributed by atoms with Gasteiger partial charge in [0.15, 0.2) is 5.60 Å². The van der Waals surface area contributed by atoms with Crippen molar-refractivity contribution in [3.63, 3.8) is 0 Å². The number of allylic oxidation sites excluding steroid dienone is 2. The van der Waals surface area contributed by atoms with Crippen LogP contribution < -0.4 is 0 Å². The minimum Gasteiger partial charge on any atom is -0.454 e. The van der Waals surface area contributed by atoms with Crippen molar-refractivity contribution in [3.05, 3.63) is 35.5 Å². The lowest BCUT2D eigenvalue weighted by molar-refractivity contribution is -0.160. The van der Waals surface area contributed by atoms with E-state index in [0.717, 1.165) is 24.0 Å². The third-order valence-corrected chi connectivity index (χ3v) is 5.62. The van der Waals surface area contributed by atoms with Crippen LogP contribution in [0, 0.1) is 5.92 Å². The highest BCUT2D eigenvalue weighted by molar-refractivity contribution is 5.91. The van der Waals surface area contributed by atoms with Crippen LogP contribution in [-0.4, -0.2) is 47.1 Å². The molecule has 1 aliphatic carbocycles. The molecule has 2 heterocycles. The van der Waals surface area contributed by atoms with E-state index in [4.69, 9.17) is 14.2 Å².